The van der Waals surface area contributed by atoms with Gasteiger partial charge in [-0.1, -0.05) is 19.1 Å². The number of rotatable bonds is 9. The van der Waals surface area contributed by atoms with Gasteiger partial charge in [0.2, 0.25) is 5.91 Å². The number of carbonyl (C=O) groups is 1. The fourth-order valence-electron chi connectivity index (χ4n) is 1.73. The van der Waals surface area contributed by atoms with E-state index in [-0.39, 0.29) is 5.91 Å². The van der Waals surface area contributed by atoms with E-state index in [0.717, 1.165) is 25.2 Å². The molecule has 0 unspecified atom stereocenters. The molecule has 106 valence electrons. The summed E-state index contributed by atoms with van der Waals surface area (Å²) in [5.74, 6) is 0.0419. The predicted octanol–water partition coefficient (Wildman–Crippen LogP) is 2.55. The predicted molar refractivity (Wildman–Crippen MR) is 78.2 cm³/mol. The van der Waals surface area contributed by atoms with Crippen LogP contribution in [0.4, 0.5) is 5.69 Å². The smallest absolute Gasteiger partial charge is 0.224 e. The molecule has 0 aliphatic rings. The number of hydrogen-bond donors (Lipinski definition) is 2. The third-order valence-electron chi connectivity index (χ3n) is 2.69. The van der Waals surface area contributed by atoms with Crippen LogP contribution in [-0.2, 0) is 16.1 Å². The topological polar surface area (TPSA) is 50.4 Å². The highest BCUT2D eigenvalue weighted by Gasteiger charge is 2.02. The van der Waals surface area contributed by atoms with E-state index in [0.29, 0.717) is 19.6 Å². The normalized spacial score (nSPS) is 10.4. The molecule has 19 heavy (non-hydrogen) atoms. The second-order valence-electron chi connectivity index (χ2n) is 4.33. The van der Waals surface area contributed by atoms with Crippen molar-refractivity contribution in [3.63, 3.8) is 0 Å². The quantitative estimate of drug-likeness (QED) is 0.674. The lowest BCUT2D eigenvalue weighted by Gasteiger charge is -2.08. The molecule has 4 heteroatoms. The van der Waals surface area contributed by atoms with E-state index in [1.54, 1.807) is 0 Å². The zero-order chi connectivity index (χ0) is 13.9. The standard InChI is InChI=1S/C15H24N2O2/c1-3-16-12-13-7-5-8-14(11-13)17-15(18)9-6-10-19-4-2/h5,7-8,11,16H,3-4,6,9-10,12H2,1-2H3,(H,17,18). The van der Waals surface area contributed by atoms with Crippen LogP contribution in [0.2, 0.25) is 0 Å². The van der Waals surface area contributed by atoms with Crippen molar-refractivity contribution in [2.75, 3.05) is 25.1 Å². The third-order valence-corrected chi connectivity index (χ3v) is 2.69. The van der Waals surface area contributed by atoms with Crippen LogP contribution in [0.3, 0.4) is 0 Å². The summed E-state index contributed by atoms with van der Waals surface area (Å²) < 4.78 is 5.21. The lowest BCUT2D eigenvalue weighted by atomic mass is 10.2. The van der Waals surface area contributed by atoms with Crippen molar-refractivity contribution in [1.29, 1.82) is 0 Å². The second kappa shape index (κ2) is 9.53. The highest BCUT2D eigenvalue weighted by atomic mass is 16.5. The number of amides is 1. The number of hydrogen-bond acceptors (Lipinski definition) is 3. The molecule has 0 radical (unpaired) electrons. The zero-order valence-corrected chi connectivity index (χ0v) is 11.9. The van der Waals surface area contributed by atoms with Crippen LogP contribution < -0.4 is 10.6 Å². The van der Waals surface area contributed by atoms with Gasteiger partial charge in [-0.05, 0) is 37.6 Å². The molecule has 0 saturated carbocycles. The Labute approximate surface area is 115 Å². The van der Waals surface area contributed by atoms with E-state index in [4.69, 9.17) is 4.74 Å². The Kier molecular flexibility index (Phi) is 7.86. The van der Waals surface area contributed by atoms with Crippen molar-refractivity contribution in [3.8, 4) is 0 Å². The molecule has 1 aromatic carbocycles. The molecule has 1 amide bonds. The summed E-state index contributed by atoms with van der Waals surface area (Å²) in [7, 11) is 0. The largest absolute Gasteiger partial charge is 0.382 e. The molecule has 0 aliphatic carbocycles. The van der Waals surface area contributed by atoms with Crippen LogP contribution >= 0.6 is 0 Å². The van der Waals surface area contributed by atoms with Crippen LogP contribution in [0, 0.1) is 0 Å². The van der Waals surface area contributed by atoms with Crippen LogP contribution in [0.5, 0.6) is 0 Å². The molecule has 0 atom stereocenters. The van der Waals surface area contributed by atoms with Gasteiger partial charge in [0.25, 0.3) is 0 Å². The average molecular weight is 264 g/mol. The first kappa shape index (κ1) is 15.7. The first-order valence-corrected chi connectivity index (χ1v) is 6.93. The Hall–Kier alpha value is -1.39. The Morgan fingerprint density at radius 2 is 2.16 bits per heavy atom. The maximum Gasteiger partial charge on any atom is 0.224 e. The summed E-state index contributed by atoms with van der Waals surface area (Å²) in [4.78, 5) is 11.7. The Morgan fingerprint density at radius 3 is 2.89 bits per heavy atom. The van der Waals surface area contributed by atoms with Crippen molar-refractivity contribution in [2.24, 2.45) is 0 Å². The van der Waals surface area contributed by atoms with Crippen LogP contribution in [0.25, 0.3) is 0 Å². The van der Waals surface area contributed by atoms with E-state index < -0.39 is 0 Å². The van der Waals surface area contributed by atoms with E-state index in [9.17, 15) is 4.79 Å². The van der Waals surface area contributed by atoms with Gasteiger partial charge in [-0.3, -0.25) is 4.79 Å². The van der Waals surface area contributed by atoms with Gasteiger partial charge < -0.3 is 15.4 Å². The van der Waals surface area contributed by atoms with Gasteiger partial charge in [0.15, 0.2) is 0 Å². The van der Waals surface area contributed by atoms with Gasteiger partial charge in [0.05, 0.1) is 0 Å². The van der Waals surface area contributed by atoms with Crippen LogP contribution in [0.1, 0.15) is 32.3 Å². The van der Waals surface area contributed by atoms with Crippen molar-refractivity contribution >= 4 is 11.6 Å². The van der Waals surface area contributed by atoms with Gasteiger partial charge in [-0.15, -0.1) is 0 Å². The molecule has 1 rings (SSSR count). The number of nitrogens with one attached hydrogen (secondary N) is 2. The SMILES string of the molecule is CCNCc1cccc(NC(=O)CCCOCC)c1. The van der Waals surface area contributed by atoms with Crippen molar-refractivity contribution in [1.82, 2.24) is 5.32 Å². The lowest BCUT2D eigenvalue weighted by Crippen LogP contribution is -2.14. The average Bonchev–Trinajstić information content (AvgIpc) is 2.42. The molecular formula is C15H24N2O2. The molecule has 0 fully saturated rings. The summed E-state index contributed by atoms with van der Waals surface area (Å²) in [5.41, 5.74) is 2.03. The van der Waals surface area contributed by atoms with Gasteiger partial charge >= 0.3 is 0 Å². The van der Waals surface area contributed by atoms with Crippen molar-refractivity contribution in [2.45, 2.75) is 33.2 Å². The fraction of sp³-hybridized carbons (Fsp3) is 0.533. The number of carbonyl (C=O) groups excluding carboxylic acids is 1. The molecule has 0 bridgehead atoms. The minimum Gasteiger partial charge on any atom is -0.382 e. The molecular weight excluding hydrogens is 240 g/mol. The van der Waals surface area contributed by atoms with E-state index in [2.05, 4.69) is 17.6 Å². The highest BCUT2D eigenvalue weighted by Crippen LogP contribution is 2.11. The van der Waals surface area contributed by atoms with Gasteiger partial charge in [0, 0.05) is 31.9 Å². The first-order chi connectivity index (χ1) is 9.26. The number of ether oxygens (including phenoxy) is 1. The molecule has 2 N–H and O–H groups in total. The summed E-state index contributed by atoms with van der Waals surface area (Å²) in [6.45, 7) is 7.14. The second-order valence-corrected chi connectivity index (χ2v) is 4.33. The van der Waals surface area contributed by atoms with E-state index >= 15 is 0 Å². The van der Waals surface area contributed by atoms with Crippen LogP contribution in [0.15, 0.2) is 24.3 Å². The Bertz CT molecular complexity index is 380. The van der Waals surface area contributed by atoms with Gasteiger partial charge in [-0.25, -0.2) is 0 Å². The minimum atomic E-state index is 0.0419. The maximum atomic E-state index is 11.7. The highest BCUT2D eigenvalue weighted by molar-refractivity contribution is 5.90. The third kappa shape index (κ3) is 6.94. The maximum absolute atomic E-state index is 11.7. The molecule has 0 aromatic heterocycles. The van der Waals surface area contributed by atoms with Gasteiger partial charge in [-0.2, -0.15) is 0 Å². The molecule has 0 aliphatic heterocycles. The minimum absolute atomic E-state index is 0.0419. The molecule has 0 saturated heterocycles. The van der Waals surface area contributed by atoms with E-state index in [1.807, 2.05) is 31.2 Å². The number of benzene rings is 1. The monoisotopic (exact) mass is 264 g/mol. The summed E-state index contributed by atoms with van der Waals surface area (Å²) in [6.07, 6.45) is 1.26. The first-order valence-electron chi connectivity index (χ1n) is 6.93. The van der Waals surface area contributed by atoms with Crippen molar-refractivity contribution in [3.05, 3.63) is 29.8 Å². The Balaban J connectivity index is 2.36. The molecule has 1 aromatic rings. The summed E-state index contributed by atoms with van der Waals surface area (Å²) in [5, 5.41) is 6.18. The lowest BCUT2D eigenvalue weighted by molar-refractivity contribution is -0.116. The zero-order valence-electron chi connectivity index (χ0n) is 11.9. The van der Waals surface area contributed by atoms with E-state index in [1.165, 1.54) is 5.56 Å². The number of anilines is 1. The molecule has 0 heterocycles. The van der Waals surface area contributed by atoms with Crippen LogP contribution in [-0.4, -0.2) is 25.7 Å². The van der Waals surface area contributed by atoms with Crippen molar-refractivity contribution < 1.29 is 9.53 Å². The fourth-order valence-corrected chi connectivity index (χ4v) is 1.73. The van der Waals surface area contributed by atoms with Gasteiger partial charge in [0.1, 0.15) is 0 Å². The Morgan fingerprint density at radius 1 is 1.32 bits per heavy atom. The molecule has 0 spiro atoms. The summed E-state index contributed by atoms with van der Waals surface area (Å²) >= 11 is 0. The molecule has 4 nitrogen and oxygen atoms in total. The summed E-state index contributed by atoms with van der Waals surface area (Å²) in [6, 6.07) is 7.93.